The van der Waals surface area contributed by atoms with Gasteiger partial charge in [0.05, 0.1) is 27.4 Å². The van der Waals surface area contributed by atoms with Gasteiger partial charge >= 0.3 is 0 Å². The van der Waals surface area contributed by atoms with Crippen molar-refractivity contribution in [3.05, 3.63) is 65.2 Å². The van der Waals surface area contributed by atoms with E-state index in [1.807, 2.05) is 36.4 Å². The number of ether oxygens (including phenoxy) is 3. The van der Waals surface area contributed by atoms with Crippen LogP contribution >= 0.6 is 0 Å². The maximum absolute atomic E-state index is 13.1. The molecule has 0 saturated carbocycles. The van der Waals surface area contributed by atoms with Crippen molar-refractivity contribution in [2.75, 3.05) is 40.5 Å². The highest BCUT2D eigenvalue weighted by Crippen LogP contribution is 2.34. The molecule has 0 aromatic heterocycles. The molecular formula is C22H22N2O4. The summed E-state index contributed by atoms with van der Waals surface area (Å²) >= 11 is 0. The molecule has 0 bridgehead atoms. The van der Waals surface area contributed by atoms with E-state index in [1.54, 1.807) is 31.3 Å². The lowest BCUT2D eigenvalue weighted by molar-refractivity contribution is -0.130. The van der Waals surface area contributed by atoms with Crippen molar-refractivity contribution in [2.45, 2.75) is 0 Å². The maximum atomic E-state index is 13.1. The number of methoxy groups -OCH3 is 2. The fourth-order valence-corrected chi connectivity index (χ4v) is 3.19. The molecule has 0 aliphatic carbocycles. The molecule has 6 nitrogen and oxygen atoms in total. The summed E-state index contributed by atoms with van der Waals surface area (Å²) in [5.74, 6) is 0.820. The first-order valence-electron chi connectivity index (χ1n) is 8.98. The summed E-state index contributed by atoms with van der Waals surface area (Å²) in [5.41, 5.74) is 2.16. The van der Waals surface area contributed by atoms with Crippen molar-refractivity contribution < 1.29 is 19.0 Å². The number of carbonyl (C=O) groups is 1. The average Bonchev–Trinajstić information content (AvgIpc) is 2.77. The van der Waals surface area contributed by atoms with E-state index in [2.05, 4.69) is 6.07 Å². The largest absolute Gasteiger partial charge is 0.493 e. The third-order valence-electron chi connectivity index (χ3n) is 4.61. The van der Waals surface area contributed by atoms with Gasteiger partial charge in [-0.25, -0.2) is 0 Å². The molecule has 1 saturated heterocycles. The molecule has 0 radical (unpaired) electrons. The number of amides is 1. The summed E-state index contributed by atoms with van der Waals surface area (Å²) in [6.45, 7) is 1.89. The number of morpholine rings is 1. The van der Waals surface area contributed by atoms with E-state index in [0.29, 0.717) is 48.9 Å². The van der Waals surface area contributed by atoms with Gasteiger partial charge in [-0.1, -0.05) is 36.4 Å². The topological polar surface area (TPSA) is 71.8 Å². The van der Waals surface area contributed by atoms with Gasteiger partial charge in [-0.3, -0.25) is 4.79 Å². The van der Waals surface area contributed by atoms with E-state index in [1.165, 1.54) is 0 Å². The summed E-state index contributed by atoms with van der Waals surface area (Å²) in [6, 6.07) is 16.9. The van der Waals surface area contributed by atoms with E-state index in [0.717, 1.165) is 5.56 Å². The van der Waals surface area contributed by atoms with Crippen LogP contribution in [-0.4, -0.2) is 51.3 Å². The van der Waals surface area contributed by atoms with Gasteiger partial charge in [0.2, 0.25) is 0 Å². The summed E-state index contributed by atoms with van der Waals surface area (Å²) in [4.78, 5) is 14.8. The molecule has 1 amide bonds. The normalized spacial score (nSPS) is 14.7. The Labute approximate surface area is 164 Å². The highest BCUT2D eigenvalue weighted by Gasteiger charge is 2.25. The molecule has 1 aliphatic rings. The fraction of sp³-hybridized carbons (Fsp3) is 0.273. The third kappa shape index (κ3) is 4.00. The zero-order chi connectivity index (χ0) is 19.9. The van der Waals surface area contributed by atoms with Gasteiger partial charge in [-0.15, -0.1) is 0 Å². The summed E-state index contributed by atoms with van der Waals surface area (Å²) in [7, 11) is 3.12. The van der Waals surface area contributed by atoms with Crippen molar-refractivity contribution >= 4 is 11.5 Å². The number of hydrogen-bond acceptors (Lipinski definition) is 5. The van der Waals surface area contributed by atoms with Gasteiger partial charge in [0, 0.05) is 18.7 Å². The predicted molar refractivity (Wildman–Crippen MR) is 105 cm³/mol. The number of benzene rings is 2. The van der Waals surface area contributed by atoms with Crippen LogP contribution in [0.3, 0.4) is 0 Å². The first kappa shape index (κ1) is 19.5. The Morgan fingerprint density at radius 1 is 1.00 bits per heavy atom. The maximum Gasteiger partial charge on any atom is 0.265 e. The molecule has 6 heteroatoms. The molecule has 2 aromatic carbocycles. The van der Waals surface area contributed by atoms with Crippen LogP contribution in [0.1, 0.15) is 11.1 Å². The smallest absolute Gasteiger partial charge is 0.265 e. The SMILES string of the molecule is COc1ccc(C(=C(C#N)C(=O)N2CCOCC2)c2ccccc2)cc1OC. The average molecular weight is 378 g/mol. The van der Waals surface area contributed by atoms with Gasteiger partial charge in [0.1, 0.15) is 11.6 Å². The van der Waals surface area contributed by atoms with Gasteiger partial charge in [-0.2, -0.15) is 5.26 Å². The molecular weight excluding hydrogens is 356 g/mol. The Morgan fingerprint density at radius 3 is 2.29 bits per heavy atom. The van der Waals surface area contributed by atoms with Crippen LogP contribution in [-0.2, 0) is 9.53 Å². The monoisotopic (exact) mass is 378 g/mol. The molecule has 28 heavy (non-hydrogen) atoms. The summed E-state index contributed by atoms with van der Waals surface area (Å²) in [6.07, 6.45) is 0. The fourth-order valence-electron chi connectivity index (χ4n) is 3.19. The second-order valence-electron chi connectivity index (χ2n) is 6.20. The second kappa shape index (κ2) is 9.07. The highest BCUT2D eigenvalue weighted by molar-refractivity contribution is 6.08. The minimum atomic E-state index is -0.292. The van der Waals surface area contributed by atoms with Crippen molar-refractivity contribution in [2.24, 2.45) is 0 Å². The first-order chi connectivity index (χ1) is 13.7. The van der Waals surface area contributed by atoms with Crippen LogP contribution in [0.5, 0.6) is 11.5 Å². The molecule has 3 rings (SSSR count). The Morgan fingerprint density at radius 2 is 1.68 bits per heavy atom. The van der Waals surface area contributed by atoms with Crippen LogP contribution in [0, 0.1) is 11.3 Å². The number of carbonyl (C=O) groups excluding carboxylic acids is 1. The molecule has 1 fully saturated rings. The second-order valence-corrected chi connectivity index (χ2v) is 6.20. The zero-order valence-corrected chi connectivity index (χ0v) is 16.0. The van der Waals surface area contributed by atoms with Gasteiger partial charge in [-0.05, 0) is 23.3 Å². The molecule has 2 aromatic rings. The lowest BCUT2D eigenvalue weighted by atomic mass is 9.92. The van der Waals surface area contributed by atoms with Gasteiger partial charge < -0.3 is 19.1 Å². The van der Waals surface area contributed by atoms with E-state index < -0.39 is 0 Å². The highest BCUT2D eigenvalue weighted by atomic mass is 16.5. The van der Waals surface area contributed by atoms with E-state index in [-0.39, 0.29) is 11.5 Å². The zero-order valence-electron chi connectivity index (χ0n) is 16.0. The van der Waals surface area contributed by atoms with Gasteiger partial charge in [0.15, 0.2) is 11.5 Å². The van der Waals surface area contributed by atoms with Crippen LogP contribution in [0.25, 0.3) is 5.57 Å². The van der Waals surface area contributed by atoms with Crippen LogP contribution < -0.4 is 9.47 Å². The Balaban J connectivity index is 2.17. The van der Waals surface area contributed by atoms with E-state index in [4.69, 9.17) is 14.2 Å². The van der Waals surface area contributed by atoms with E-state index >= 15 is 0 Å². The molecule has 0 atom stereocenters. The molecule has 1 aliphatic heterocycles. The van der Waals surface area contributed by atoms with Crippen LogP contribution in [0.2, 0.25) is 0 Å². The number of hydrogen-bond donors (Lipinski definition) is 0. The van der Waals surface area contributed by atoms with Crippen LogP contribution in [0.4, 0.5) is 0 Å². The Kier molecular flexibility index (Phi) is 6.30. The lowest BCUT2D eigenvalue weighted by Crippen LogP contribution is -2.41. The predicted octanol–water partition coefficient (Wildman–Crippen LogP) is 2.89. The molecule has 0 spiro atoms. The van der Waals surface area contributed by atoms with Crippen molar-refractivity contribution in [3.8, 4) is 17.6 Å². The Hall–Kier alpha value is -3.30. The first-order valence-corrected chi connectivity index (χ1v) is 8.98. The molecule has 0 unspecified atom stereocenters. The third-order valence-corrected chi connectivity index (χ3v) is 4.61. The lowest BCUT2D eigenvalue weighted by Gasteiger charge is -2.27. The number of rotatable bonds is 5. The number of nitrogens with zero attached hydrogens (tertiary/aromatic N) is 2. The molecule has 144 valence electrons. The minimum Gasteiger partial charge on any atom is -0.493 e. The van der Waals surface area contributed by atoms with Crippen molar-refractivity contribution in [1.82, 2.24) is 4.90 Å². The van der Waals surface area contributed by atoms with Crippen molar-refractivity contribution in [3.63, 3.8) is 0 Å². The molecule has 1 heterocycles. The van der Waals surface area contributed by atoms with Gasteiger partial charge in [0.25, 0.3) is 5.91 Å². The van der Waals surface area contributed by atoms with Crippen molar-refractivity contribution in [1.29, 1.82) is 5.26 Å². The van der Waals surface area contributed by atoms with Crippen LogP contribution in [0.15, 0.2) is 54.1 Å². The summed E-state index contributed by atoms with van der Waals surface area (Å²) < 4.78 is 16.0. The standard InChI is InChI=1S/C22H22N2O4/c1-26-19-9-8-17(14-20(19)27-2)21(16-6-4-3-5-7-16)18(15-23)22(25)24-10-12-28-13-11-24/h3-9,14H,10-13H2,1-2H3. The Bertz CT molecular complexity index is 910. The minimum absolute atomic E-state index is 0.0975. The van der Waals surface area contributed by atoms with E-state index in [9.17, 15) is 10.1 Å². The quantitative estimate of drug-likeness (QED) is 0.591. The molecule has 0 N–H and O–H groups in total. The summed E-state index contributed by atoms with van der Waals surface area (Å²) in [5, 5.41) is 9.90. The number of nitriles is 1.